The fourth-order valence-corrected chi connectivity index (χ4v) is 2.62. The molecule has 0 bridgehead atoms. The summed E-state index contributed by atoms with van der Waals surface area (Å²) in [5, 5.41) is 8.01. The van der Waals surface area contributed by atoms with Gasteiger partial charge in [-0.2, -0.15) is 5.10 Å². The Balaban J connectivity index is 2.08. The number of benzene rings is 1. The lowest BCUT2D eigenvalue weighted by molar-refractivity contribution is 0.493. The molecule has 2 atom stereocenters. The van der Waals surface area contributed by atoms with Gasteiger partial charge in [-0.3, -0.25) is 4.68 Å². The molecule has 4 heteroatoms. The van der Waals surface area contributed by atoms with Gasteiger partial charge < -0.3 is 5.32 Å². The molecule has 19 heavy (non-hydrogen) atoms. The van der Waals surface area contributed by atoms with Gasteiger partial charge in [0, 0.05) is 35.4 Å². The van der Waals surface area contributed by atoms with Crippen molar-refractivity contribution in [3.05, 3.63) is 51.8 Å². The second-order valence-electron chi connectivity index (χ2n) is 5.01. The predicted molar refractivity (Wildman–Crippen MR) is 82.1 cm³/mol. The van der Waals surface area contributed by atoms with E-state index >= 15 is 0 Å². The lowest BCUT2D eigenvalue weighted by Crippen LogP contribution is -2.22. The highest BCUT2D eigenvalue weighted by atomic mass is 79.9. The molecule has 0 radical (unpaired) electrons. The second kappa shape index (κ2) is 5.88. The van der Waals surface area contributed by atoms with Crippen molar-refractivity contribution in [3.8, 4) is 0 Å². The molecule has 1 N–H and O–H groups in total. The van der Waals surface area contributed by atoms with E-state index in [9.17, 15) is 0 Å². The third-order valence-corrected chi connectivity index (χ3v) is 3.92. The van der Waals surface area contributed by atoms with E-state index in [4.69, 9.17) is 0 Å². The first-order chi connectivity index (χ1) is 8.97. The van der Waals surface area contributed by atoms with E-state index < -0.39 is 0 Å². The lowest BCUT2D eigenvalue weighted by Gasteiger charge is -2.20. The summed E-state index contributed by atoms with van der Waals surface area (Å²) in [6, 6.07) is 9.03. The Kier molecular flexibility index (Phi) is 4.42. The Morgan fingerprint density at radius 3 is 2.32 bits per heavy atom. The molecule has 0 spiro atoms. The van der Waals surface area contributed by atoms with Crippen LogP contribution in [0, 0.1) is 6.92 Å². The molecule has 0 amide bonds. The maximum atomic E-state index is 4.39. The average molecular weight is 322 g/mol. The Morgan fingerprint density at radius 2 is 1.79 bits per heavy atom. The van der Waals surface area contributed by atoms with E-state index in [0.29, 0.717) is 6.04 Å². The molecule has 102 valence electrons. The summed E-state index contributed by atoms with van der Waals surface area (Å²) in [6.07, 6.45) is 2.08. The molecule has 0 aliphatic carbocycles. The number of nitrogens with zero attached hydrogens (tertiary/aromatic N) is 2. The molecule has 0 saturated heterocycles. The Bertz CT molecular complexity index is 545. The minimum atomic E-state index is 0.285. The van der Waals surface area contributed by atoms with Crippen LogP contribution >= 0.6 is 15.9 Å². The van der Waals surface area contributed by atoms with Crippen LogP contribution < -0.4 is 5.32 Å². The lowest BCUT2D eigenvalue weighted by atomic mass is 10.1. The summed E-state index contributed by atoms with van der Waals surface area (Å²) in [5.41, 5.74) is 3.63. The SMILES string of the molecule is Cc1nn(C)cc1C(C)N[C@H](C)c1ccc(Br)cc1. The molecule has 2 aromatic rings. The molecule has 0 fully saturated rings. The van der Waals surface area contributed by atoms with E-state index in [2.05, 4.69) is 77.6 Å². The molecule has 3 nitrogen and oxygen atoms in total. The van der Waals surface area contributed by atoms with Crippen molar-refractivity contribution in [2.24, 2.45) is 7.05 Å². The van der Waals surface area contributed by atoms with Crippen LogP contribution in [0.3, 0.4) is 0 Å². The number of hydrogen-bond donors (Lipinski definition) is 1. The first kappa shape index (κ1) is 14.3. The monoisotopic (exact) mass is 321 g/mol. The van der Waals surface area contributed by atoms with Gasteiger partial charge in [-0.05, 0) is 38.5 Å². The van der Waals surface area contributed by atoms with Crippen LogP contribution in [-0.2, 0) is 7.05 Å². The maximum absolute atomic E-state index is 4.39. The van der Waals surface area contributed by atoms with Crippen molar-refractivity contribution in [3.63, 3.8) is 0 Å². The van der Waals surface area contributed by atoms with E-state index in [-0.39, 0.29) is 6.04 Å². The molecule has 1 aromatic heterocycles. The highest BCUT2D eigenvalue weighted by Crippen LogP contribution is 2.22. The standard InChI is InChI=1S/C15H20BrN3/c1-10(13-5-7-14(16)8-6-13)17-11(2)15-9-19(4)18-12(15)3/h5-11,17H,1-4H3/t10-,11?/m1/s1. The van der Waals surface area contributed by atoms with E-state index in [1.165, 1.54) is 11.1 Å². The van der Waals surface area contributed by atoms with Crippen molar-refractivity contribution in [2.45, 2.75) is 32.9 Å². The van der Waals surface area contributed by atoms with Crippen LogP contribution in [-0.4, -0.2) is 9.78 Å². The molecule has 0 aliphatic heterocycles. The highest BCUT2D eigenvalue weighted by molar-refractivity contribution is 9.10. The molecule has 1 unspecified atom stereocenters. The number of hydrogen-bond acceptors (Lipinski definition) is 2. The van der Waals surface area contributed by atoms with E-state index in [1.54, 1.807) is 0 Å². The third-order valence-electron chi connectivity index (χ3n) is 3.39. The average Bonchev–Trinajstić information content (AvgIpc) is 2.69. The minimum Gasteiger partial charge on any atom is -0.304 e. The Labute approximate surface area is 123 Å². The molecule has 0 aliphatic rings. The van der Waals surface area contributed by atoms with Gasteiger partial charge >= 0.3 is 0 Å². The fourth-order valence-electron chi connectivity index (χ4n) is 2.36. The fraction of sp³-hybridized carbons (Fsp3) is 0.400. The van der Waals surface area contributed by atoms with Gasteiger partial charge in [0.2, 0.25) is 0 Å². The summed E-state index contributed by atoms with van der Waals surface area (Å²) >= 11 is 3.46. The normalized spacial score (nSPS) is 14.4. The third kappa shape index (κ3) is 3.45. The smallest absolute Gasteiger partial charge is 0.0641 e. The zero-order valence-corrected chi connectivity index (χ0v) is 13.4. The Hall–Kier alpha value is -1.13. The predicted octanol–water partition coefficient (Wildman–Crippen LogP) is 3.90. The van der Waals surface area contributed by atoms with Crippen molar-refractivity contribution < 1.29 is 0 Å². The number of rotatable bonds is 4. The van der Waals surface area contributed by atoms with Gasteiger partial charge in [-0.15, -0.1) is 0 Å². The van der Waals surface area contributed by atoms with Crippen LogP contribution in [0.5, 0.6) is 0 Å². The molecule has 1 heterocycles. The van der Waals surface area contributed by atoms with Crippen LogP contribution in [0.2, 0.25) is 0 Å². The second-order valence-corrected chi connectivity index (χ2v) is 5.92. The summed E-state index contributed by atoms with van der Waals surface area (Å²) in [6.45, 7) is 6.42. The maximum Gasteiger partial charge on any atom is 0.0641 e. The molecule has 1 aromatic carbocycles. The quantitative estimate of drug-likeness (QED) is 0.925. The van der Waals surface area contributed by atoms with Crippen molar-refractivity contribution >= 4 is 15.9 Å². The molecular formula is C15H20BrN3. The van der Waals surface area contributed by atoms with Gasteiger partial charge in [-0.25, -0.2) is 0 Å². The summed E-state index contributed by atoms with van der Waals surface area (Å²) in [4.78, 5) is 0. The molecule has 2 rings (SSSR count). The first-order valence-electron chi connectivity index (χ1n) is 6.49. The van der Waals surface area contributed by atoms with Gasteiger partial charge in [-0.1, -0.05) is 28.1 Å². The van der Waals surface area contributed by atoms with Gasteiger partial charge in [0.05, 0.1) is 5.69 Å². The molecular weight excluding hydrogens is 302 g/mol. The molecule has 0 saturated carbocycles. The minimum absolute atomic E-state index is 0.285. The zero-order valence-electron chi connectivity index (χ0n) is 11.8. The number of halogens is 1. The Morgan fingerprint density at radius 1 is 1.16 bits per heavy atom. The van der Waals surface area contributed by atoms with Crippen molar-refractivity contribution in [1.29, 1.82) is 0 Å². The summed E-state index contributed by atoms with van der Waals surface area (Å²) in [5.74, 6) is 0. The van der Waals surface area contributed by atoms with Gasteiger partial charge in [0.1, 0.15) is 0 Å². The van der Waals surface area contributed by atoms with Crippen LogP contribution in [0.1, 0.15) is 42.8 Å². The zero-order chi connectivity index (χ0) is 14.0. The number of aryl methyl sites for hydroxylation is 2. The topological polar surface area (TPSA) is 29.9 Å². The number of aromatic nitrogens is 2. The van der Waals surface area contributed by atoms with E-state index in [0.717, 1.165) is 10.2 Å². The largest absolute Gasteiger partial charge is 0.304 e. The summed E-state index contributed by atoms with van der Waals surface area (Å²) < 4.78 is 2.98. The summed E-state index contributed by atoms with van der Waals surface area (Å²) in [7, 11) is 1.96. The van der Waals surface area contributed by atoms with Gasteiger partial charge in [0.25, 0.3) is 0 Å². The van der Waals surface area contributed by atoms with Crippen molar-refractivity contribution in [1.82, 2.24) is 15.1 Å². The van der Waals surface area contributed by atoms with Crippen LogP contribution in [0.4, 0.5) is 0 Å². The van der Waals surface area contributed by atoms with Crippen molar-refractivity contribution in [2.75, 3.05) is 0 Å². The number of nitrogens with one attached hydrogen (secondary N) is 1. The van der Waals surface area contributed by atoms with Crippen LogP contribution in [0.15, 0.2) is 34.9 Å². The first-order valence-corrected chi connectivity index (χ1v) is 7.28. The highest BCUT2D eigenvalue weighted by Gasteiger charge is 2.14. The van der Waals surface area contributed by atoms with Crippen LogP contribution in [0.25, 0.3) is 0 Å². The van der Waals surface area contributed by atoms with E-state index in [1.807, 2.05) is 11.7 Å². The van der Waals surface area contributed by atoms with Gasteiger partial charge in [0.15, 0.2) is 0 Å².